The number of hydrogen-bond donors (Lipinski definition) is 1. The molecule has 0 saturated carbocycles. The fourth-order valence-corrected chi connectivity index (χ4v) is 2.66. The first-order valence-electron chi connectivity index (χ1n) is 7.38. The molecule has 0 radical (unpaired) electrons. The first kappa shape index (κ1) is 15.9. The number of nitrogens with one attached hydrogen (secondary N) is 1. The highest BCUT2D eigenvalue weighted by Crippen LogP contribution is 2.30. The summed E-state index contributed by atoms with van der Waals surface area (Å²) in [6, 6.07) is 5.13. The van der Waals surface area contributed by atoms with Gasteiger partial charge in [-0.25, -0.2) is 5.43 Å². The maximum atomic E-state index is 11.4. The summed E-state index contributed by atoms with van der Waals surface area (Å²) in [6.07, 6.45) is 0.338. The molecular weight excluding hydrogens is 284 g/mol. The van der Waals surface area contributed by atoms with Gasteiger partial charge < -0.3 is 4.90 Å². The van der Waals surface area contributed by atoms with Gasteiger partial charge in [0.1, 0.15) is 5.69 Å². The molecule has 0 saturated heterocycles. The molecule has 1 amide bonds. The summed E-state index contributed by atoms with van der Waals surface area (Å²) >= 11 is 0. The van der Waals surface area contributed by atoms with Gasteiger partial charge in [0.15, 0.2) is 0 Å². The number of benzene rings is 1. The normalized spacial score (nSPS) is 17.7. The third kappa shape index (κ3) is 3.08. The Bertz CT molecular complexity index is 623. The first-order chi connectivity index (χ1) is 10.5. The monoisotopic (exact) mass is 304 g/mol. The van der Waals surface area contributed by atoms with Gasteiger partial charge in [-0.3, -0.25) is 14.9 Å². The summed E-state index contributed by atoms with van der Waals surface area (Å²) in [4.78, 5) is 24.3. The molecule has 0 unspecified atom stereocenters. The van der Waals surface area contributed by atoms with Crippen molar-refractivity contribution in [3.63, 3.8) is 0 Å². The van der Waals surface area contributed by atoms with Crippen molar-refractivity contribution in [1.29, 1.82) is 0 Å². The van der Waals surface area contributed by atoms with Gasteiger partial charge in [0.2, 0.25) is 5.91 Å². The molecule has 1 aliphatic rings. The highest BCUT2D eigenvalue weighted by atomic mass is 16.6. The van der Waals surface area contributed by atoms with Gasteiger partial charge in [-0.2, -0.15) is 5.10 Å². The Morgan fingerprint density at radius 2 is 2.09 bits per heavy atom. The van der Waals surface area contributed by atoms with Gasteiger partial charge in [0, 0.05) is 37.1 Å². The fourth-order valence-electron chi connectivity index (χ4n) is 2.66. The predicted molar refractivity (Wildman–Crippen MR) is 85.1 cm³/mol. The lowest BCUT2D eigenvalue weighted by molar-refractivity contribution is -0.384. The molecule has 0 bridgehead atoms. The minimum Gasteiger partial charge on any atom is -0.367 e. The molecule has 22 heavy (non-hydrogen) atoms. The van der Waals surface area contributed by atoms with Crippen molar-refractivity contribution in [2.24, 2.45) is 11.0 Å². The van der Waals surface area contributed by atoms with Crippen LogP contribution in [0.1, 0.15) is 32.8 Å². The maximum absolute atomic E-state index is 11.4. The van der Waals surface area contributed by atoms with Crippen molar-refractivity contribution in [2.75, 3.05) is 18.0 Å². The quantitative estimate of drug-likeness (QED) is 0.668. The van der Waals surface area contributed by atoms with Gasteiger partial charge in [0.05, 0.1) is 10.6 Å². The van der Waals surface area contributed by atoms with Crippen LogP contribution in [0.2, 0.25) is 0 Å². The molecule has 1 aliphatic heterocycles. The Morgan fingerprint density at radius 1 is 1.41 bits per heavy atom. The van der Waals surface area contributed by atoms with Gasteiger partial charge in [0.25, 0.3) is 5.69 Å². The molecule has 7 heteroatoms. The molecule has 1 N–H and O–H groups in total. The number of nitrogens with zero attached hydrogens (tertiary/aromatic N) is 3. The molecule has 1 aromatic rings. The van der Waals surface area contributed by atoms with Crippen molar-refractivity contribution in [3.05, 3.63) is 33.9 Å². The lowest BCUT2D eigenvalue weighted by atomic mass is 9.93. The van der Waals surface area contributed by atoms with Crippen LogP contribution in [0, 0.1) is 16.0 Å². The zero-order valence-corrected chi connectivity index (χ0v) is 13.0. The largest absolute Gasteiger partial charge is 0.367 e. The Morgan fingerprint density at radius 3 is 2.64 bits per heavy atom. The minimum absolute atomic E-state index is 0.0624. The molecule has 0 spiro atoms. The average molecular weight is 304 g/mol. The highest BCUT2D eigenvalue weighted by Gasteiger charge is 2.25. The van der Waals surface area contributed by atoms with Crippen molar-refractivity contribution >= 4 is 23.0 Å². The summed E-state index contributed by atoms with van der Waals surface area (Å²) in [5.41, 5.74) is 4.46. The molecule has 1 heterocycles. The van der Waals surface area contributed by atoms with Crippen LogP contribution in [-0.2, 0) is 4.79 Å². The second-order valence-electron chi connectivity index (χ2n) is 5.27. The molecule has 1 aromatic carbocycles. The SMILES string of the molecule is CCN(CC)c1ccc(C2=NNC(=O)C[C@H]2C)cc1[N+](=O)[O-]. The Labute approximate surface area is 129 Å². The number of anilines is 1. The van der Waals surface area contributed by atoms with Gasteiger partial charge in [-0.15, -0.1) is 0 Å². The summed E-state index contributed by atoms with van der Waals surface area (Å²) in [5.74, 6) is -0.196. The first-order valence-corrected chi connectivity index (χ1v) is 7.38. The molecule has 7 nitrogen and oxygen atoms in total. The third-order valence-electron chi connectivity index (χ3n) is 3.83. The van der Waals surface area contributed by atoms with Crippen LogP contribution in [0.15, 0.2) is 23.3 Å². The van der Waals surface area contributed by atoms with E-state index in [1.54, 1.807) is 12.1 Å². The van der Waals surface area contributed by atoms with E-state index in [4.69, 9.17) is 0 Å². The number of nitro benzene ring substituents is 1. The molecule has 0 fully saturated rings. The Kier molecular flexibility index (Phi) is 4.75. The van der Waals surface area contributed by atoms with E-state index < -0.39 is 0 Å². The second kappa shape index (κ2) is 6.55. The van der Waals surface area contributed by atoms with Crippen molar-refractivity contribution < 1.29 is 9.72 Å². The van der Waals surface area contributed by atoms with Gasteiger partial charge in [-0.1, -0.05) is 13.0 Å². The number of rotatable bonds is 5. The van der Waals surface area contributed by atoms with E-state index in [0.29, 0.717) is 36.5 Å². The topological polar surface area (TPSA) is 87.8 Å². The molecule has 2 rings (SSSR count). The summed E-state index contributed by atoms with van der Waals surface area (Å²) in [7, 11) is 0. The molecule has 0 aromatic heterocycles. The number of carbonyl (C=O) groups excluding carboxylic acids is 1. The van der Waals surface area contributed by atoms with Crippen molar-refractivity contribution in [3.8, 4) is 0 Å². The Balaban J connectivity index is 2.46. The minimum atomic E-state index is -0.371. The second-order valence-corrected chi connectivity index (χ2v) is 5.27. The van der Waals surface area contributed by atoms with Crippen LogP contribution in [-0.4, -0.2) is 29.6 Å². The average Bonchev–Trinajstić information content (AvgIpc) is 2.49. The van der Waals surface area contributed by atoms with Crippen LogP contribution in [0.3, 0.4) is 0 Å². The summed E-state index contributed by atoms with van der Waals surface area (Å²) in [6.45, 7) is 7.21. The van der Waals surface area contributed by atoms with E-state index in [0.717, 1.165) is 0 Å². The predicted octanol–water partition coefficient (Wildman–Crippen LogP) is 2.30. The number of carbonyl (C=O) groups is 1. The molecule has 0 aliphatic carbocycles. The van der Waals surface area contributed by atoms with E-state index in [1.807, 2.05) is 31.7 Å². The van der Waals surface area contributed by atoms with Gasteiger partial charge in [-0.05, 0) is 19.9 Å². The van der Waals surface area contributed by atoms with Crippen molar-refractivity contribution in [1.82, 2.24) is 5.43 Å². The van der Waals surface area contributed by atoms with Crippen LogP contribution >= 0.6 is 0 Å². The van der Waals surface area contributed by atoms with E-state index in [1.165, 1.54) is 0 Å². The maximum Gasteiger partial charge on any atom is 0.293 e. The van der Waals surface area contributed by atoms with Crippen LogP contribution in [0.5, 0.6) is 0 Å². The van der Waals surface area contributed by atoms with Gasteiger partial charge >= 0.3 is 0 Å². The molecule has 1 atom stereocenters. The van der Waals surface area contributed by atoms with E-state index in [-0.39, 0.29) is 22.4 Å². The summed E-state index contributed by atoms with van der Waals surface area (Å²) in [5, 5.41) is 15.5. The number of hydrazone groups is 1. The zero-order valence-electron chi connectivity index (χ0n) is 13.0. The summed E-state index contributed by atoms with van der Waals surface area (Å²) < 4.78 is 0. The van der Waals surface area contributed by atoms with E-state index >= 15 is 0 Å². The standard InChI is InChI=1S/C15H20N4O3/c1-4-18(5-2)12-7-6-11(9-13(12)19(21)22)15-10(3)8-14(20)16-17-15/h6-7,9-10H,4-5,8H2,1-3H3,(H,16,20)/t10-/m1/s1. The third-order valence-corrected chi connectivity index (χ3v) is 3.83. The Hall–Kier alpha value is -2.44. The molecular formula is C15H20N4O3. The lowest BCUT2D eigenvalue weighted by Crippen LogP contribution is -2.32. The van der Waals surface area contributed by atoms with Crippen LogP contribution in [0.25, 0.3) is 0 Å². The van der Waals surface area contributed by atoms with E-state index in [2.05, 4.69) is 10.5 Å². The fraction of sp³-hybridized carbons (Fsp3) is 0.467. The van der Waals surface area contributed by atoms with Crippen LogP contribution in [0.4, 0.5) is 11.4 Å². The lowest BCUT2D eigenvalue weighted by Gasteiger charge is -2.22. The van der Waals surface area contributed by atoms with E-state index in [9.17, 15) is 14.9 Å². The zero-order chi connectivity index (χ0) is 16.3. The van der Waals surface area contributed by atoms with Crippen LogP contribution < -0.4 is 10.3 Å². The highest BCUT2D eigenvalue weighted by molar-refractivity contribution is 6.06. The number of nitro groups is 1. The van der Waals surface area contributed by atoms with Crippen molar-refractivity contribution in [2.45, 2.75) is 27.2 Å². The number of amides is 1. The number of hydrogen-bond acceptors (Lipinski definition) is 5. The molecule has 118 valence electrons. The smallest absolute Gasteiger partial charge is 0.293 e.